The lowest BCUT2D eigenvalue weighted by Crippen LogP contribution is -2.31. The fourth-order valence-electron chi connectivity index (χ4n) is 5.06. The molecule has 1 saturated carbocycles. The number of carbonyl (C=O) groups is 1. The normalized spacial score (nSPS) is 23.1. The highest BCUT2D eigenvalue weighted by molar-refractivity contribution is 5.71. The van der Waals surface area contributed by atoms with Crippen molar-refractivity contribution in [2.45, 2.75) is 118 Å². The lowest BCUT2D eigenvalue weighted by atomic mass is 9.75. The fraction of sp³-hybridized carbons (Fsp3) is 0.767. The van der Waals surface area contributed by atoms with Crippen molar-refractivity contribution >= 4 is 5.97 Å². The molecular weight excluding hydrogens is 424 g/mol. The van der Waals surface area contributed by atoms with E-state index in [2.05, 4.69) is 46.8 Å². The maximum absolute atomic E-state index is 12.1. The summed E-state index contributed by atoms with van der Waals surface area (Å²) in [7, 11) is 0. The maximum Gasteiger partial charge on any atom is 0.344 e. The number of carbonyl (C=O) groups excluding carboxylic acids is 1. The van der Waals surface area contributed by atoms with E-state index in [4.69, 9.17) is 14.6 Å². The highest BCUT2D eigenvalue weighted by atomic mass is 16.6. The highest BCUT2D eigenvalue weighted by Crippen LogP contribution is 2.46. The molecule has 0 heterocycles. The predicted octanol–water partition coefficient (Wildman–Crippen LogP) is 7.14. The number of fused-ring (bicyclic) bond motifs is 2. The summed E-state index contributed by atoms with van der Waals surface area (Å²) in [5.74, 6) is 3.01. The fourth-order valence-corrected chi connectivity index (χ4v) is 5.06. The van der Waals surface area contributed by atoms with Crippen LogP contribution in [0.1, 0.15) is 105 Å². The molecule has 0 radical (unpaired) electrons. The van der Waals surface area contributed by atoms with Gasteiger partial charge in [-0.15, -0.1) is 0 Å². The van der Waals surface area contributed by atoms with E-state index in [0.717, 1.165) is 49.2 Å². The molecule has 5 atom stereocenters. The zero-order valence-corrected chi connectivity index (χ0v) is 22.9. The molecule has 0 amide bonds. The molecule has 0 saturated heterocycles. The van der Waals surface area contributed by atoms with E-state index in [1.807, 2.05) is 19.9 Å². The molecule has 0 aliphatic heterocycles. The summed E-state index contributed by atoms with van der Waals surface area (Å²) in [6.07, 6.45) is 10.3. The van der Waals surface area contributed by atoms with Gasteiger partial charge < -0.3 is 14.6 Å². The molecule has 0 bridgehead atoms. The van der Waals surface area contributed by atoms with Crippen LogP contribution in [0, 0.1) is 23.2 Å². The molecule has 2 aliphatic carbocycles. The van der Waals surface area contributed by atoms with Gasteiger partial charge in [-0.1, -0.05) is 79.4 Å². The van der Waals surface area contributed by atoms with Crippen LogP contribution in [-0.2, 0) is 22.4 Å². The van der Waals surface area contributed by atoms with Crippen molar-refractivity contribution in [1.82, 2.24) is 0 Å². The van der Waals surface area contributed by atoms with Crippen LogP contribution in [0.4, 0.5) is 0 Å². The highest BCUT2D eigenvalue weighted by Gasteiger charge is 2.38. The van der Waals surface area contributed by atoms with Crippen LogP contribution in [0.3, 0.4) is 0 Å². The van der Waals surface area contributed by atoms with Gasteiger partial charge in [-0.05, 0) is 79.4 Å². The van der Waals surface area contributed by atoms with Gasteiger partial charge in [-0.25, -0.2) is 4.79 Å². The summed E-state index contributed by atoms with van der Waals surface area (Å²) in [5, 5.41) is 9.08. The van der Waals surface area contributed by atoms with Crippen LogP contribution in [0.25, 0.3) is 0 Å². The Bertz CT molecular complexity index is 751. The first-order chi connectivity index (χ1) is 16.1. The second-order valence-electron chi connectivity index (χ2n) is 11.6. The number of unbranched alkanes of at least 4 members (excludes halogenated alkanes) is 2. The Kier molecular flexibility index (Phi) is 11.4. The lowest BCUT2D eigenvalue weighted by Gasteiger charge is -2.31. The van der Waals surface area contributed by atoms with Gasteiger partial charge in [-0.3, -0.25) is 0 Å². The maximum atomic E-state index is 12.1. The van der Waals surface area contributed by atoms with Crippen molar-refractivity contribution < 1.29 is 19.4 Å². The van der Waals surface area contributed by atoms with E-state index < -0.39 is 0 Å². The predicted molar refractivity (Wildman–Crippen MR) is 140 cm³/mol. The van der Waals surface area contributed by atoms with E-state index in [9.17, 15) is 4.79 Å². The zero-order valence-electron chi connectivity index (χ0n) is 22.9. The minimum atomic E-state index is -0.289. The van der Waals surface area contributed by atoms with E-state index in [-0.39, 0.29) is 30.2 Å². The Balaban J connectivity index is 0.000000387. The van der Waals surface area contributed by atoms with Crippen molar-refractivity contribution in [3.05, 3.63) is 29.3 Å². The summed E-state index contributed by atoms with van der Waals surface area (Å²) in [6, 6.07) is 6.28. The van der Waals surface area contributed by atoms with Crippen molar-refractivity contribution in [3.8, 4) is 5.75 Å². The third-order valence-electron chi connectivity index (χ3n) is 7.97. The third kappa shape index (κ3) is 8.59. The number of aliphatic hydroxyl groups is 1. The second-order valence-corrected chi connectivity index (χ2v) is 11.6. The molecule has 194 valence electrons. The van der Waals surface area contributed by atoms with Crippen LogP contribution in [0.15, 0.2) is 18.2 Å². The van der Waals surface area contributed by atoms with E-state index in [1.54, 1.807) is 0 Å². The van der Waals surface area contributed by atoms with Crippen LogP contribution in [0.2, 0.25) is 0 Å². The number of aliphatic hydroxyl groups excluding tert-OH is 1. The molecule has 1 N–H and O–H groups in total. The standard InChI is InChI=1S/C22H32O3.C8H18O/c1-14-9-10-17-12-19-16(11-18(14)17)7-6-8-20(19)24-13-21(23)25-15(2)22(3,4)5;1-3-5-6-7-8(9)4-2/h6-8,14-15,17-18H,9-13H2,1-5H3;8-9H,3-7H2,1-2H3. The molecule has 0 aromatic heterocycles. The molecule has 2 aliphatic rings. The van der Waals surface area contributed by atoms with Crippen LogP contribution < -0.4 is 4.74 Å². The first kappa shape index (κ1) is 28.7. The topological polar surface area (TPSA) is 55.8 Å². The number of rotatable bonds is 9. The summed E-state index contributed by atoms with van der Waals surface area (Å²) >= 11 is 0. The van der Waals surface area contributed by atoms with Gasteiger partial charge in [-0.2, -0.15) is 0 Å². The molecule has 4 heteroatoms. The van der Waals surface area contributed by atoms with Gasteiger partial charge in [0.05, 0.1) is 6.10 Å². The molecule has 5 unspecified atom stereocenters. The smallest absolute Gasteiger partial charge is 0.344 e. The number of hydrogen-bond acceptors (Lipinski definition) is 4. The molecule has 4 nitrogen and oxygen atoms in total. The molecular formula is C30H50O4. The van der Waals surface area contributed by atoms with Gasteiger partial charge in [0, 0.05) is 0 Å². The summed E-state index contributed by atoms with van der Waals surface area (Å²) in [4.78, 5) is 12.1. The van der Waals surface area contributed by atoms with E-state index >= 15 is 0 Å². The van der Waals surface area contributed by atoms with Crippen molar-refractivity contribution in [2.75, 3.05) is 6.61 Å². The van der Waals surface area contributed by atoms with Crippen LogP contribution >= 0.6 is 0 Å². The van der Waals surface area contributed by atoms with Gasteiger partial charge in [0.1, 0.15) is 11.9 Å². The molecule has 34 heavy (non-hydrogen) atoms. The van der Waals surface area contributed by atoms with Gasteiger partial charge in [0.25, 0.3) is 0 Å². The average Bonchev–Trinajstić information content (AvgIpc) is 3.15. The summed E-state index contributed by atoms with van der Waals surface area (Å²) < 4.78 is 11.4. The van der Waals surface area contributed by atoms with Crippen LogP contribution in [0.5, 0.6) is 5.75 Å². The van der Waals surface area contributed by atoms with Crippen molar-refractivity contribution in [1.29, 1.82) is 0 Å². The third-order valence-corrected chi connectivity index (χ3v) is 7.97. The first-order valence-corrected chi connectivity index (χ1v) is 13.7. The Morgan fingerprint density at radius 1 is 1.15 bits per heavy atom. The molecule has 1 aromatic rings. The first-order valence-electron chi connectivity index (χ1n) is 13.7. The Hall–Kier alpha value is -1.55. The SMILES string of the molecule is CC1CCC2Cc3c(cccc3OCC(=O)OC(C)C(C)(C)C)CC12.CCCCCC(O)CC. The quantitative estimate of drug-likeness (QED) is 0.305. The number of ether oxygens (including phenoxy) is 2. The zero-order chi connectivity index (χ0) is 25.3. The second kappa shape index (κ2) is 13.5. The number of benzene rings is 1. The van der Waals surface area contributed by atoms with Crippen molar-refractivity contribution in [2.24, 2.45) is 23.2 Å². The molecule has 1 aromatic carbocycles. The van der Waals surface area contributed by atoms with E-state index in [0.29, 0.717) is 0 Å². The molecule has 1 fully saturated rings. The largest absolute Gasteiger partial charge is 0.482 e. The number of hydrogen-bond donors (Lipinski definition) is 1. The monoisotopic (exact) mass is 474 g/mol. The Labute approximate surface area is 208 Å². The minimum absolute atomic E-state index is 0.0125. The van der Waals surface area contributed by atoms with Crippen LogP contribution in [-0.4, -0.2) is 29.9 Å². The van der Waals surface area contributed by atoms with Gasteiger partial charge >= 0.3 is 5.97 Å². The average molecular weight is 475 g/mol. The van der Waals surface area contributed by atoms with Gasteiger partial charge in [0.2, 0.25) is 0 Å². The number of esters is 1. The lowest BCUT2D eigenvalue weighted by molar-refractivity contribution is -0.155. The van der Waals surface area contributed by atoms with E-state index in [1.165, 1.54) is 43.2 Å². The molecule has 0 spiro atoms. The molecule has 3 rings (SSSR count). The summed E-state index contributed by atoms with van der Waals surface area (Å²) in [6.45, 7) is 14.7. The Morgan fingerprint density at radius 3 is 2.53 bits per heavy atom. The van der Waals surface area contributed by atoms with Gasteiger partial charge in [0.15, 0.2) is 6.61 Å². The minimum Gasteiger partial charge on any atom is -0.482 e. The van der Waals surface area contributed by atoms with Crippen molar-refractivity contribution in [3.63, 3.8) is 0 Å². The Morgan fingerprint density at radius 2 is 1.88 bits per heavy atom. The summed E-state index contributed by atoms with van der Waals surface area (Å²) in [5.41, 5.74) is 2.66.